The molecule has 5 heteroatoms. The second kappa shape index (κ2) is 4.18. The highest BCUT2D eigenvalue weighted by atomic mass is 79.9. The summed E-state index contributed by atoms with van der Waals surface area (Å²) in [5, 5.41) is 0. The smallest absolute Gasteiger partial charge is 0.421 e. The molecule has 0 saturated carbocycles. The van der Waals surface area contributed by atoms with Gasteiger partial charge in [0.05, 0.1) is 4.47 Å². The summed E-state index contributed by atoms with van der Waals surface area (Å²) in [6.07, 6.45) is 0.704. The van der Waals surface area contributed by atoms with Gasteiger partial charge in [-0.2, -0.15) is 0 Å². The van der Waals surface area contributed by atoms with Gasteiger partial charge < -0.3 is 4.74 Å². The molecule has 0 N–H and O–H groups in total. The predicted octanol–water partition coefficient (Wildman–Crippen LogP) is 2.39. The minimum Gasteiger partial charge on any atom is -0.443 e. The maximum Gasteiger partial charge on any atom is 0.421 e. The lowest BCUT2D eigenvalue weighted by Crippen LogP contribution is -2.33. The molecule has 0 aliphatic heterocycles. The van der Waals surface area contributed by atoms with Crippen molar-refractivity contribution in [1.82, 2.24) is 4.57 Å². The first-order valence-corrected chi connectivity index (χ1v) is 5.21. The van der Waals surface area contributed by atoms with Crippen molar-refractivity contribution in [2.24, 2.45) is 0 Å². The Balaban J connectivity index is 3.03. The lowest BCUT2D eigenvalue weighted by molar-refractivity contribution is 0.0530. The highest BCUT2D eigenvalue weighted by Gasteiger charge is 2.18. The average Bonchev–Trinajstić information content (AvgIpc) is 2.06. The van der Waals surface area contributed by atoms with Crippen LogP contribution in [0.5, 0.6) is 0 Å². The Labute approximate surface area is 96.0 Å². The topological polar surface area (TPSA) is 48.3 Å². The van der Waals surface area contributed by atoms with E-state index in [2.05, 4.69) is 15.9 Å². The molecule has 0 amide bonds. The number of nitrogens with zero attached hydrogens (tertiary/aromatic N) is 1. The Morgan fingerprint density at radius 3 is 2.60 bits per heavy atom. The van der Waals surface area contributed by atoms with E-state index in [4.69, 9.17) is 4.74 Å². The predicted molar refractivity (Wildman–Crippen MR) is 60.0 cm³/mol. The highest BCUT2D eigenvalue weighted by molar-refractivity contribution is 9.10. The van der Waals surface area contributed by atoms with Crippen molar-refractivity contribution < 1.29 is 9.53 Å². The Kier molecular flexibility index (Phi) is 3.34. The number of rotatable bonds is 0. The Bertz CT molecular complexity index is 431. The first kappa shape index (κ1) is 12.0. The highest BCUT2D eigenvalue weighted by Crippen LogP contribution is 2.08. The molecule has 0 radical (unpaired) electrons. The van der Waals surface area contributed by atoms with Crippen LogP contribution in [0.3, 0.4) is 0 Å². The van der Waals surface area contributed by atoms with Crippen molar-refractivity contribution >= 4 is 22.0 Å². The van der Waals surface area contributed by atoms with Gasteiger partial charge in [-0.25, -0.2) is 9.36 Å². The van der Waals surface area contributed by atoms with Gasteiger partial charge in [0.25, 0.3) is 5.56 Å². The van der Waals surface area contributed by atoms with Crippen LogP contribution in [0, 0.1) is 0 Å². The summed E-state index contributed by atoms with van der Waals surface area (Å²) in [5.41, 5.74) is -1.04. The fraction of sp³-hybridized carbons (Fsp3) is 0.400. The average molecular weight is 274 g/mol. The molecule has 1 aromatic rings. The molecule has 1 rings (SSSR count). The monoisotopic (exact) mass is 273 g/mol. The summed E-state index contributed by atoms with van der Waals surface area (Å²) < 4.78 is 6.32. The fourth-order valence-corrected chi connectivity index (χ4v) is 1.27. The summed E-state index contributed by atoms with van der Waals surface area (Å²) in [7, 11) is 0. The lowest BCUT2D eigenvalue weighted by Gasteiger charge is -2.19. The molecule has 0 aromatic carbocycles. The van der Waals surface area contributed by atoms with Crippen molar-refractivity contribution in [3.05, 3.63) is 33.2 Å². The van der Waals surface area contributed by atoms with Gasteiger partial charge in [0.2, 0.25) is 0 Å². The summed E-state index contributed by atoms with van der Waals surface area (Å²) in [6, 6.07) is 3.17. The molecule has 0 fully saturated rings. The number of pyridine rings is 1. The Morgan fingerprint density at radius 1 is 1.47 bits per heavy atom. The summed E-state index contributed by atoms with van der Waals surface area (Å²) in [5.74, 6) is 0. The molecule has 0 bridgehead atoms. The van der Waals surface area contributed by atoms with E-state index in [9.17, 15) is 9.59 Å². The number of hydrogen-bond donors (Lipinski definition) is 0. The second-order valence-electron chi connectivity index (χ2n) is 4.01. The normalized spacial score (nSPS) is 11.2. The van der Waals surface area contributed by atoms with E-state index < -0.39 is 17.3 Å². The maximum atomic E-state index is 11.6. The zero-order valence-corrected chi connectivity index (χ0v) is 10.4. The van der Waals surface area contributed by atoms with Gasteiger partial charge in [-0.1, -0.05) is 0 Å². The number of carbonyl (C=O) groups excluding carboxylic acids is 1. The fourth-order valence-electron chi connectivity index (χ4n) is 0.923. The van der Waals surface area contributed by atoms with Gasteiger partial charge in [-0.3, -0.25) is 4.79 Å². The largest absolute Gasteiger partial charge is 0.443 e. The van der Waals surface area contributed by atoms with Crippen molar-refractivity contribution in [3.8, 4) is 0 Å². The molecule has 15 heavy (non-hydrogen) atoms. The molecule has 82 valence electrons. The minimum atomic E-state index is -0.672. The molecule has 0 unspecified atom stereocenters. The van der Waals surface area contributed by atoms with Gasteiger partial charge in [0.1, 0.15) is 5.60 Å². The van der Waals surface area contributed by atoms with Crippen LogP contribution in [0.2, 0.25) is 0 Å². The van der Waals surface area contributed by atoms with Crippen LogP contribution >= 0.6 is 15.9 Å². The summed E-state index contributed by atoms with van der Waals surface area (Å²) >= 11 is 3.05. The standard InChI is InChI=1S/C10H12BrNO3/c1-10(2,3)15-9(14)12-6-4-5-7(11)8(12)13/h4-6H,1-3H3. The molecule has 0 atom stereocenters. The molecular formula is C10H12BrNO3. The molecule has 0 spiro atoms. The van der Waals surface area contributed by atoms with Crippen molar-refractivity contribution in [2.75, 3.05) is 0 Å². The number of aromatic nitrogens is 1. The van der Waals surface area contributed by atoms with E-state index in [0.29, 0.717) is 4.47 Å². The van der Waals surface area contributed by atoms with Crippen molar-refractivity contribution in [3.63, 3.8) is 0 Å². The van der Waals surface area contributed by atoms with Crippen LogP contribution < -0.4 is 5.56 Å². The molecule has 0 aliphatic carbocycles. The zero-order chi connectivity index (χ0) is 11.6. The van der Waals surface area contributed by atoms with E-state index in [1.54, 1.807) is 32.9 Å². The van der Waals surface area contributed by atoms with Crippen LogP contribution in [0.15, 0.2) is 27.6 Å². The van der Waals surface area contributed by atoms with E-state index >= 15 is 0 Å². The van der Waals surface area contributed by atoms with Crippen LogP contribution in [-0.4, -0.2) is 16.3 Å². The number of hydrogen-bond acceptors (Lipinski definition) is 3. The van der Waals surface area contributed by atoms with Gasteiger partial charge in [0.15, 0.2) is 0 Å². The van der Waals surface area contributed by atoms with Crippen LogP contribution in [0.4, 0.5) is 4.79 Å². The molecule has 0 saturated heterocycles. The maximum absolute atomic E-state index is 11.6. The molecule has 4 nitrogen and oxygen atoms in total. The van der Waals surface area contributed by atoms with E-state index in [1.165, 1.54) is 6.20 Å². The summed E-state index contributed by atoms with van der Waals surface area (Å²) in [6.45, 7) is 5.23. The third kappa shape index (κ3) is 3.20. The van der Waals surface area contributed by atoms with Gasteiger partial charge in [-0.05, 0) is 48.8 Å². The first-order chi connectivity index (χ1) is 6.81. The summed E-state index contributed by atoms with van der Waals surface area (Å²) in [4.78, 5) is 23.1. The second-order valence-corrected chi connectivity index (χ2v) is 4.87. The van der Waals surface area contributed by atoms with E-state index in [-0.39, 0.29) is 0 Å². The number of ether oxygens (including phenoxy) is 1. The minimum absolute atomic E-state index is 0.329. The van der Waals surface area contributed by atoms with Crippen LogP contribution in [-0.2, 0) is 4.74 Å². The molecular weight excluding hydrogens is 262 g/mol. The Hall–Kier alpha value is -1.10. The molecule has 1 heterocycles. The molecule has 1 aromatic heterocycles. The first-order valence-electron chi connectivity index (χ1n) is 4.42. The van der Waals surface area contributed by atoms with Crippen LogP contribution in [0.25, 0.3) is 0 Å². The Morgan fingerprint density at radius 2 is 2.07 bits per heavy atom. The van der Waals surface area contributed by atoms with Gasteiger partial charge in [0, 0.05) is 6.20 Å². The quantitative estimate of drug-likeness (QED) is 0.729. The van der Waals surface area contributed by atoms with Gasteiger partial charge in [-0.15, -0.1) is 0 Å². The molecule has 0 aliphatic rings. The lowest BCUT2D eigenvalue weighted by atomic mass is 10.2. The van der Waals surface area contributed by atoms with Gasteiger partial charge >= 0.3 is 6.09 Å². The third-order valence-corrected chi connectivity index (χ3v) is 2.09. The van der Waals surface area contributed by atoms with Crippen LogP contribution in [0.1, 0.15) is 20.8 Å². The van der Waals surface area contributed by atoms with Crippen molar-refractivity contribution in [2.45, 2.75) is 26.4 Å². The van der Waals surface area contributed by atoms with Crippen molar-refractivity contribution in [1.29, 1.82) is 0 Å². The van der Waals surface area contributed by atoms with E-state index in [0.717, 1.165) is 4.57 Å². The SMILES string of the molecule is CC(C)(C)OC(=O)n1cccc(Br)c1=O. The zero-order valence-electron chi connectivity index (χ0n) is 8.78. The number of halogens is 1. The number of carbonyl (C=O) groups is 1. The third-order valence-electron chi connectivity index (χ3n) is 1.49. The van der Waals surface area contributed by atoms with E-state index in [1.807, 2.05) is 0 Å².